The van der Waals surface area contributed by atoms with Crippen molar-refractivity contribution >= 4 is 0 Å². The second kappa shape index (κ2) is 3.85. The Balaban J connectivity index is 2.84. The number of benzene rings is 1. The van der Waals surface area contributed by atoms with Crippen LogP contribution in [0.1, 0.15) is 0 Å². The Labute approximate surface area is 69.5 Å². The molecule has 0 heterocycles. The lowest BCUT2D eigenvalue weighted by molar-refractivity contribution is 0.450. The minimum Gasteiger partial charge on any atom is -0.157 e. The summed E-state index contributed by atoms with van der Waals surface area (Å²) in [6.45, 7) is 12.8. The van der Waals surface area contributed by atoms with Crippen LogP contribution in [0.15, 0.2) is 24.3 Å². The summed E-state index contributed by atoms with van der Waals surface area (Å²) in [6.07, 6.45) is 0. The van der Waals surface area contributed by atoms with Gasteiger partial charge in [0.25, 0.3) is 0 Å². The molecule has 1 rings (SSSR count). The molecule has 0 aliphatic rings. The van der Waals surface area contributed by atoms with Gasteiger partial charge in [-0.1, -0.05) is 6.07 Å². The molecule has 0 radical (unpaired) electrons. The second-order valence-corrected chi connectivity index (χ2v) is 1.84. The zero-order valence-electron chi connectivity index (χ0n) is 6.02. The molecule has 0 spiro atoms. The van der Waals surface area contributed by atoms with E-state index in [0.29, 0.717) is 11.5 Å². The van der Waals surface area contributed by atoms with E-state index >= 15 is 0 Å². The lowest BCUT2D eigenvalue weighted by atomic mass is 10.3. The van der Waals surface area contributed by atoms with Gasteiger partial charge in [0.15, 0.2) is 0 Å². The molecule has 0 saturated heterocycles. The maximum absolute atomic E-state index is 6.41. The van der Waals surface area contributed by atoms with Crippen molar-refractivity contribution in [2.75, 3.05) is 0 Å². The number of hydrogen-bond acceptors (Lipinski definition) is 2. The van der Waals surface area contributed by atoms with Gasteiger partial charge in [0.2, 0.25) is 11.5 Å². The fraction of sp³-hybridized carbons (Fsp3) is 0. The van der Waals surface area contributed by atoms with Crippen LogP contribution in [0.5, 0.6) is 11.5 Å². The molecule has 0 N–H and O–H groups in total. The molecule has 0 aromatic heterocycles. The molecule has 0 unspecified atom stereocenters. The van der Waals surface area contributed by atoms with Crippen LogP contribution in [0.4, 0.5) is 0 Å². The van der Waals surface area contributed by atoms with Gasteiger partial charge in [0.05, 0.1) is 0 Å². The minimum atomic E-state index is 0.367. The van der Waals surface area contributed by atoms with E-state index in [1.54, 1.807) is 18.2 Å². The highest BCUT2D eigenvalue weighted by Gasteiger charge is 2.01. The van der Waals surface area contributed by atoms with Gasteiger partial charge < -0.3 is 0 Å². The zero-order valence-corrected chi connectivity index (χ0v) is 6.02. The highest BCUT2D eigenvalue weighted by Crippen LogP contribution is 2.19. The van der Waals surface area contributed by atoms with Crippen LogP contribution in [-0.4, -0.2) is 0 Å². The van der Waals surface area contributed by atoms with E-state index in [9.17, 15) is 0 Å². The molecule has 4 nitrogen and oxygen atoms in total. The Kier molecular flexibility index (Phi) is 2.53. The number of hydrogen-bond donors (Lipinski definition) is 0. The maximum atomic E-state index is 6.41. The molecule has 0 aliphatic carbocycles. The van der Waals surface area contributed by atoms with E-state index in [2.05, 4.69) is 19.7 Å². The van der Waals surface area contributed by atoms with Crippen molar-refractivity contribution < 1.29 is 9.68 Å². The summed E-state index contributed by atoms with van der Waals surface area (Å²) in [7, 11) is 0. The van der Waals surface area contributed by atoms with Gasteiger partial charge >= 0.3 is 0 Å². The fourth-order valence-corrected chi connectivity index (χ4v) is 0.693. The predicted octanol–water partition coefficient (Wildman–Crippen LogP) is 2.11. The smallest absolute Gasteiger partial charge is 0.157 e. The molecular formula is C8H4N2O2. The van der Waals surface area contributed by atoms with Crippen molar-refractivity contribution in [2.45, 2.75) is 0 Å². The average Bonchev–Trinajstić information content (AvgIpc) is 2.06. The van der Waals surface area contributed by atoms with Gasteiger partial charge in [-0.2, -0.15) is 22.8 Å². The molecular weight excluding hydrogens is 156 g/mol. The van der Waals surface area contributed by atoms with Crippen molar-refractivity contribution in [3.8, 4) is 11.5 Å². The van der Waals surface area contributed by atoms with Gasteiger partial charge in [-0.15, -0.1) is 0 Å². The Bertz CT molecular complexity index is 318. The van der Waals surface area contributed by atoms with E-state index in [0.717, 1.165) is 0 Å². The normalized spacial score (nSPS) is 7.83. The predicted molar refractivity (Wildman–Crippen MR) is 40.9 cm³/mol. The Morgan fingerprint density at radius 1 is 1.00 bits per heavy atom. The Morgan fingerprint density at radius 3 is 1.92 bits per heavy atom. The van der Waals surface area contributed by atoms with Gasteiger partial charge in [-0.25, -0.2) is 0 Å². The Morgan fingerprint density at radius 2 is 1.50 bits per heavy atom. The average molecular weight is 160 g/mol. The lowest BCUT2D eigenvalue weighted by Gasteiger charge is -1.90. The van der Waals surface area contributed by atoms with Gasteiger partial charge in [-0.3, -0.25) is 0 Å². The van der Waals surface area contributed by atoms with Gasteiger partial charge in [0, 0.05) is 6.07 Å². The minimum absolute atomic E-state index is 0.367. The summed E-state index contributed by atoms with van der Waals surface area (Å²) in [5.74, 6) is 0.734. The first-order valence-electron chi connectivity index (χ1n) is 3.04. The molecule has 0 saturated carbocycles. The van der Waals surface area contributed by atoms with Crippen molar-refractivity contribution in [3.63, 3.8) is 0 Å². The molecule has 0 amide bonds. The monoisotopic (exact) mass is 160 g/mol. The summed E-state index contributed by atoms with van der Waals surface area (Å²) >= 11 is 0. The molecule has 1 aromatic rings. The third-order valence-corrected chi connectivity index (χ3v) is 1.11. The molecule has 58 valence electrons. The first-order valence-corrected chi connectivity index (χ1v) is 3.04. The van der Waals surface area contributed by atoms with Gasteiger partial charge in [0.1, 0.15) is 0 Å². The first kappa shape index (κ1) is 7.90. The van der Waals surface area contributed by atoms with Crippen molar-refractivity contribution in [1.82, 2.24) is 0 Å². The summed E-state index contributed by atoms with van der Waals surface area (Å²) in [5.41, 5.74) is 0. The molecule has 0 fully saturated rings. The number of nitrogens with zero attached hydrogens (tertiary/aromatic N) is 2. The van der Waals surface area contributed by atoms with E-state index in [-0.39, 0.29) is 0 Å². The summed E-state index contributed by atoms with van der Waals surface area (Å²) < 4.78 is 0. The van der Waals surface area contributed by atoms with Crippen LogP contribution < -0.4 is 9.68 Å². The number of rotatable bonds is 2. The summed E-state index contributed by atoms with van der Waals surface area (Å²) in [6, 6.07) is 6.32. The van der Waals surface area contributed by atoms with Crippen LogP contribution in [0.3, 0.4) is 0 Å². The van der Waals surface area contributed by atoms with Gasteiger partial charge in [-0.05, 0) is 22.1 Å². The van der Waals surface area contributed by atoms with Crippen molar-refractivity contribution in [1.29, 1.82) is 0 Å². The van der Waals surface area contributed by atoms with Crippen LogP contribution in [0.2, 0.25) is 0 Å². The first-order chi connectivity index (χ1) is 5.86. The second-order valence-electron chi connectivity index (χ2n) is 1.84. The molecule has 4 heteroatoms. The summed E-state index contributed by atoms with van der Waals surface area (Å²) in [5, 5.41) is 5.45. The van der Waals surface area contributed by atoms with E-state index in [4.69, 9.17) is 13.1 Å². The topological polar surface area (TPSA) is 27.2 Å². The van der Waals surface area contributed by atoms with Crippen LogP contribution >= 0.6 is 0 Å². The SMILES string of the molecule is [C-]#[N+]Oc1cccc(O[N+]#[C-])c1. The zero-order chi connectivity index (χ0) is 8.81. The van der Waals surface area contributed by atoms with E-state index in [1.807, 2.05) is 0 Å². The van der Waals surface area contributed by atoms with Crippen molar-refractivity contribution in [2.24, 2.45) is 0 Å². The molecule has 12 heavy (non-hydrogen) atoms. The Hall–Kier alpha value is -2.20. The quantitative estimate of drug-likeness (QED) is 0.489. The van der Waals surface area contributed by atoms with Crippen LogP contribution in [0, 0.1) is 13.1 Å². The molecule has 1 aromatic carbocycles. The molecule has 0 bridgehead atoms. The fourth-order valence-electron chi connectivity index (χ4n) is 0.693. The largest absolute Gasteiger partial charge is 0.223 e. The van der Waals surface area contributed by atoms with E-state index < -0.39 is 0 Å². The molecule has 0 aliphatic heterocycles. The van der Waals surface area contributed by atoms with E-state index in [1.165, 1.54) is 6.07 Å². The van der Waals surface area contributed by atoms with Crippen LogP contribution in [0.25, 0.3) is 10.0 Å². The highest BCUT2D eigenvalue weighted by atomic mass is 16.6. The molecule has 0 atom stereocenters. The van der Waals surface area contributed by atoms with Crippen LogP contribution in [-0.2, 0) is 0 Å². The third-order valence-electron chi connectivity index (χ3n) is 1.11. The highest BCUT2D eigenvalue weighted by molar-refractivity contribution is 5.33. The van der Waals surface area contributed by atoms with Crippen molar-refractivity contribution in [3.05, 3.63) is 47.4 Å². The standard InChI is InChI=1S/C8H4N2O2/c1-9-11-7-4-3-5-8(6-7)12-10-2/h3-6H. The maximum Gasteiger partial charge on any atom is 0.223 e. The summed E-state index contributed by atoms with van der Waals surface area (Å²) in [4.78, 5) is 9.00. The third kappa shape index (κ3) is 1.89. The lowest BCUT2D eigenvalue weighted by Crippen LogP contribution is -1.81.